The highest BCUT2D eigenvalue weighted by atomic mass is 16.4. The van der Waals surface area contributed by atoms with Crippen molar-refractivity contribution in [3.8, 4) is 0 Å². The average molecular weight is 285 g/mol. The van der Waals surface area contributed by atoms with Gasteiger partial charge < -0.3 is 20.6 Å². The summed E-state index contributed by atoms with van der Waals surface area (Å²) in [5.74, 6) is -0.112. The van der Waals surface area contributed by atoms with Crippen molar-refractivity contribution >= 4 is 5.97 Å². The number of carboxylic acid groups (broad SMARTS) is 1. The number of aliphatic hydroxyl groups is 2. The first-order valence-electron chi connectivity index (χ1n) is 7.81. The molecule has 0 amide bonds. The van der Waals surface area contributed by atoms with Gasteiger partial charge in [-0.3, -0.25) is 4.79 Å². The SMILES string of the molecule is O=C(O)C1CCC(O)(CNCC2CCCC2CO)CC1. The number of rotatable bonds is 6. The molecule has 0 spiro atoms. The highest BCUT2D eigenvalue weighted by molar-refractivity contribution is 5.70. The molecular weight excluding hydrogens is 258 g/mol. The zero-order chi connectivity index (χ0) is 14.6. The molecule has 0 radical (unpaired) electrons. The third-order valence-corrected chi connectivity index (χ3v) is 5.18. The third-order valence-electron chi connectivity index (χ3n) is 5.18. The Morgan fingerprint density at radius 1 is 1.15 bits per heavy atom. The number of aliphatic carboxylic acids is 1. The van der Waals surface area contributed by atoms with Crippen molar-refractivity contribution in [2.75, 3.05) is 19.7 Å². The van der Waals surface area contributed by atoms with Crippen LogP contribution in [-0.2, 0) is 4.79 Å². The summed E-state index contributed by atoms with van der Waals surface area (Å²) in [4.78, 5) is 10.9. The smallest absolute Gasteiger partial charge is 0.306 e. The lowest BCUT2D eigenvalue weighted by Gasteiger charge is -2.35. The van der Waals surface area contributed by atoms with Crippen LogP contribution in [0.5, 0.6) is 0 Å². The van der Waals surface area contributed by atoms with Crippen LogP contribution in [0, 0.1) is 17.8 Å². The summed E-state index contributed by atoms with van der Waals surface area (Å²) in [5.41, 5.74) is -0.751. The van der Waals surface area contributed by atoms with E-state index in [0.29, 0.717) is 44.1 Å². The summed E-state index contributed by atoms with van der Waals surface area (Å²) in [6, 6.07) is 0. The van der Waals surface area contributed by atoms with Gasteiger partial charge in [-0.15, -0.1) is 0 Å². The van der Waals surface area contributed by atoms with E-state index in [1.54, 1.807) is 0 Å². The number of nitrogens with one attached hydrogen (secondary N) is 1. The molecule has 0 saturated heterocycles. The second kappa shape index (κ2) is 6.87. The van der Waals surface area contributed by atoms with Gasteiger partial charge in [0, 0.05) is 13.2 Å². The summed E-state index contributed by atoms with van der Waals surface area (Å²) >= 11 is 0. The zero-order valence-electron chi connectivity index (χ0n) is 12.1. The Morgan fingerprint density at radius 2 is 1.80 bits per heavy atom. The van der Waals surface area contributed by atoms with Gasteiger partial charge in [0.25, 0.3) is 0 Å². The Bertz CT molecular complexity index is 326. The Hall–Kier alpha value is -0.650. The van der Waals surface area contributed by atoms with Gasteiger partial charge in [0.2, 0.25) is 0 Å². The monoisotopic (exact) mass is 285 g/mol. The van der Waals surface area contributed by atoms with E-state index in [1.165, 1.54) is 6.42 Å². The van der Waals surface area contributed by atoms with Crippen LogP contribution in [0.3, 0.4) is 0 Å². The van der Waals surface area contributed by atoms with Crippen molar-refractivity contribution < 1.29 is 20.1 Å². The molecule has 2 rings (SSSR count). The molecule has 0 aliphatic heterocycles. The van der Waals surface area contributed by atoms with Crippen LogP contribution in [0.2, 0.25) is 0 Å². The Balaban J connectivity index is 1.70. The van der Waals surface area contributed by atoms with E-state index in [2.05, 4.69) is 5.32 Å². The molecule has 2 aliphatic carbocycles. The number of carboxylic acids is 1. The standard InChI is InChI=1S/C15H27NO4/c17-9-13-3-1-2-12(13)8-16-10-15(20)6-4-11(5-7-15)14(18)19/h11-13,16-17,20H,1-10H2,(H,18,19). The average Bonchev–Trinajstić information content (AvgIpc) is 2.86. The first-order valence-corrected chi connectivity index (χ1v) is 7.81. The van der Waals surface area contributed by atoms with Crippen molar-refractivity contribution in [3.05, 3.63) is 0 Å². The van der Waals surface area contributed by atoms with Gasteiger partial charge in [0.05, 0.1) is 11.5 Å². The van der Waals surface area contributed by atoms with E-state index in [4.69, 9.17) is 5.11 Å². The first-order chi connectivity index (χ1) is 9.54. The van der Waals surface area contributed by atoms with Crippen LogP contribution in [0.15, 0.2) is 0 Å². The Labute approximate surface area is 120 Å². The molecule has 2 aliphatic rings. The molecule has 0 aromatic carbocycles. The number of aliphatic hydroxyl groups excluding tert-OH is 1. The molecule has 5 nitrogen and oxygen atoms in total. The molecule has 5 heteroatoms. The quantitative estimate of drug-likeness (QED) is 0.584. The summed E-state index contributed by atoms with van der Waals surface area (Å²) in [6.07, 6.45) is 5.69. The minimum absolute atomic E-state index is 0.261. The fourth-order valence-electron chi connectivity index (χ4n) is 3.69. The topological polar surface area (TPSA) is 89.8 Å². The second-order valence-electron chi connectivity index (χ2n) is 6.60. The second-order valence-corrected chi connectivity index (χ2v) is 6.60. The lowest BCUT2D eigenvalue weighted by atomic mass is 9.78. The molecular formula is C15H27NO4. The minimum atomic E-state index is -0.751. The van der Waals surface area contributed by atoms with Crippen LogP contribution >= 0.6 is 0 Å². The highest BCUT2D eigenvalue weighted by Gasteiger charge is 2.36. The predicted molar refractivity (Wildman–Crippen MR) is 75.3 cm³/mol. The van der Waals surface area contributed by atoms with Crippen LogP contribution in [0.4, 0.5) is 0 Å². The summed E-state index contributed by atoms with van der Waals surface area (Å²) in [5, 5.41) is 32.0. The zero-order valence-corrected chi connectivity index (χ0v) is 12.1. The molecule has 20 heavy (non-hydrogen) atoms. The summed E-state index contributed by atoms with van der Waals surface area (Å²) < 4.78 is 0. The molecule has 0 heterocycles. The van der Waals surface area contributed by atoms with Crippen molar-refractivity contribution in [1.82, 2.24) is 5.32 Å². The summed E-state index contributed by atoms with van der Waals surface area (Å²) in [6.45, 7) is 1.64. The lowest BCUT2D eigenvalue weighted by molar-refractivity contribution is -0.144. The third kappa shape index (κ3) is 3.93. The molecule has 0 aromatic rings. The number of hydrogen-bond donors (Lipinski definition) is 4. The van der Waals surface area contributed by atoms with Gasteiger partial charge in [-0.05, 0) is 56.9 Å². The van der Waals surface area contributed by atoms with Crippen molar-refractivity contribution in [2.45, 2.75) is 50.5 Å². The van der Waals surface area contributed by atoms with E-state index in [9.17, 15) is 15.0 Å². The maximum absolute atomic E-state index is 10.9. The molecule has 0 bridgehead atoms. The maximum Gasteiger partial charge on any atom is 0.306 e. The normalized spacial score (nSPS) is 38.0. The van der Waals surface area contributed by atoms with Gasteiger partial charge in [0.15, 0.2) is 0 Å². The van der Waals surface area contributed by atoms with E-state index in [1.807, 2.05) is 0 Å². The van der Waals surface area contributed by atoms with E-state index < -0.39 is 11.6 Å². The van der Waals surface area contributed by atoms with Crippen LogP contribution in [-0.4, -0.2) is 46.6 Å². The minimum Gasteiger partial charge on any atom is -0.481 e. The molecule has 4 N–H and O–H groups in total. The van der Waals surface area contributed by atoms with E-state index >= 15 is 0 Å². The van der Waals surface area contributed by atoms with Crippen LogP contribution in [0.1, 0.15) is 44.9 Å². The van der Waals surface area contributed by atoms with Crippen LogP contribution in [0.25, 0.3) is 0 Å². The molecule has 116 valence electrons. The maximum atomic E-state index is 10.9. The van der Waals surface area contributed by atoms with E-state index in [0.717, 1.165) is 19.4 Å². The van der Waals surface area contributed by atoms with E-state index in [-0.39, 0.29) is 12.5 Å². The molecule has 0 aromatic heterocycles. The van der Waals surface area contributed by atoms with Gasteiger partial charge in [-0.2, -0.15) is 0 Å². The van der Waals surface area contributed by atoms with Gasteiger partial charge >= 0.3 is 5.97 Å². The molecule has 2 unspecified atom stereocenters. The Morgan fingerprint density at radius 3 is 2.40 bits per heavy atom. The Kier molecular flexibility index (Phi) is 5.41. The molecule has 2 fully saturated rings. The van der Waals surface area contributed by atoms with Gasteiger partial charge in [-0.25, -0.2) is 0 Å². The fourth-order valence-corrected chi connectivity index (χ4v) is 3.69. The van der Waals surface area contributed by atoms with Crippen LogP contribution < -0.4 is 5.32 Å². The number of carbonyl (C=O) groups is 1. The van der Waals surface area contributed by atoms with Crippen molar-refractivity contribution in [3.63, 3.8) is 0 Å². The first kappa shape index (κ1) is 15.7. The van der Waals surface area contributed by atoms with Gasteiger partial charge in [-0.1, -0.05) is 6.42 Å². The van der Waals surface area contributed by atoms with Crippen molar-refractivity contribution in [2.24, 2.45) is 17.8 Å². The molecule has 2 atom stereocenters. The van der Waals surface area contributed by atoms with Crippen molar-refractivity contribution in [1.29, 1.82) is 0 Å². The predicted octanol–water partition coefficient (Wildman–Crippen LogP) is 0.990. The fraction of sp³-hybridized carbons (Fsp3) is 0.933. The highest BCUT2D eigenvalue weighted by Crippen LogP contribution is 2.33. The lowest BCUT2D eigenvalue weighted by Crippen LogP contribution is -2.45. The van der Waals surface area contributed by atoms with Gasteiger partial charge in [0.1, 0.15) is 0 Å². The number of hydrogen-bond acceptors (Lipinski definition) is 4. The summed E-state index contributed by atoms with van der Waals surface area (Å²) in [7, 11) is 0. The largest absolute Gasteiger partial charge is 0.481 e. The molecule has 2 saturated carbocycles.